The number of halogens is 3. The number of aliphatic imine (C=N–C) groups is 1. The fourth-order valence-corrected chi connectivity index (χ4v) is 1.96. The molecule has 0 N–H and O–H groups in total. The van der Waals surface area contributed by atoms with Crippen LogP contribution in [0.25, 0.3) is 0 Å². The molecule has 94 valence electrons. The molecule has 0 spiro atoms. The quantitative estimate of drug-likeness (QED) is 0.767. The van der Waals surface area contributed by atoms with Crippen LogP contribution in [0.15, 0.2) is 41.4 Å². The van der Waals surface area contributed by atoms with Gasteiger partial charge in [-0.2, -0.15) is 0 Å². The summed E-state index contributed by atoms with van der Waals surface area (Å²) >= 11 is 16.7. The molecule has 1 heterocycles. The fraction of sp³-hybridized carbons (Fsp3) is 0.231. The SMILES string of the molecule is Cc1ccc(C2=N[C@@H](C(=O)C(Cl)(Cl)Cl)C=C2)cc1. The summed E-state index contributed by atoms with van der Waals surface area (Å²) in [4.78, 5) is 16.0. The van der Waals surface area contributed by atoms with Gasteiger partial charge in [0.2, 0.25) is 5.78 Å². The van der Waals surface area contributed by atoms with E-state index in [0.717, 1.165) is 16.8 Å². The highest BCUT2D eigenvalue weighted by atomic mass is 35.6. The Morgan fingerprint density at radius 3 is 2.39 bits per heavy atom. The van der Waals surface area contributed by atoms with Crippen LogP contribution in [-0.4, -0.2) is 21.3 Å². The topological polar surface area (TPSA) is 29.4 Å². The Morgan fingerprint density at radius 2 is 1.83 bits per heavy atom. The highest BCUT2D eigenvalue weighted by Gasteiger charge is 2.36. The van der Waals surface area contributed by atoms with E-state index in [4.69, 9.17) is 34.8 Å². The van der Waals surface area contributed by atoms with E-state index in [-0.39, 0.29) is 0 Å². The first-order valence-electron chi connectivity index (χ1n) is 5.32. The predicted molar refractivity (Wildman–Crippen MR) is 75.9 cm³/mol. The Morgan fingerprint density at radius 1 is 1.22 bits per heavy atom. The number of hydrogen-bond donors (Lipinski definition) is 0. The number of carbonyl (C=O) groups is 1. The molecule has 5 heteroatoms. The summed E-state index contributed by atoms with van der Waals surface area (Å²) in [5, 5.41) is 0. The lowest BCUT2D eigenvalue weighted by Crippen LogP contribution is -2.28. The van der Waals surface area contributed by atoms with E-state index in [1.54, 1.807) is 12.2 Å². The molecule has 2 nitrogen and oxygen atoms in total. The van der Waals surface area contributed by atoms with Crippen molar-refractivity contribution in [3.63, 3.8) is 0 Å². The van der Waals surface area contributed by atoms with E-state index in [1.165, 1.54) is 0 Å². The highest BCUT2D eigenvalue weighted by Crippen LogP contribution is 2.30. The van der Waals surface area contributed by atoms with Crippen LogP contribution in [0.1, 0.15) is 11.1 Å². The van der Waals surface area contributed by atoms with Gasteiger partial charge in [0.15, 0.2) is 0 Å². The van der Waals surface area contributed by atoms with Crippen LogP contribution >= 0.6 is 34.8 Å². The van der Waals surface area contributed by atoms with E-state index in [9.17, 15) is 4.79 Å². The normalized spacial score (nSPS) is 18.9. The van der Waals surface area contributed by atoms with Crippen LogP contribution in [0.2, 0.25) is 0 Å². The molecule has 0 amide bonds. The van der Waals surface area contributed by atoms with Gasteiger partial charge in [0.25, 0.3) is 3.79 Å². The van der Waals surface area contributed by atoms with Crippen LogP contribution in [0.5, 0.6) is 0 Å². The fourth-order valence-electron chi connectivity index (χ4n) is 1.63. The Kier molecular flexibility index (Phi) is 3.81. The lowest BCUT2D eigenvalue weighted by atomic mass is 10.1. The Balaban J connectivity index is 2.22. The van der Waals surface area contributed by atoms with E-state index < -0.39 is 15.6 Å². The molecular weight excluding hydrogens is 293 g/mol. The predicted octanol–water partition coefficient (Wildman–Crippen LogP) is 3.66. The maximum absolute atomic E-state index is 11.7. The Labute approximate surface area is 120 Å². The number of carbonyl (C=O) groups excluding carboxylic acids is 1. The molecule has 0 aromatic heterocycles. The molecule has 1 atom stereocenters. The first kappa shape index (κ1) is 13.6. The zero-order chi connectivity index (χ0) is 13.3. The summed E-state index contributed by atoms with van der Waals surface area (Å²) in [6.07, 6.45) is 3.41. The third-order valence-electron chi connectivity index (χ3n) is 2.61. The van der Waals surface area contributed by atoms with Gasteiger partial charge < -0.3 is 0 Å². The van der Waals surface area contributed by atoms with Crippen molar-refractivity contribution in [3.05, 3.63) is 47.5 Å². The van der Waals surface area contributed by atoms with Crippen molar-refractivity contribution < 1.29 is 4.79 Å². The van der Waals surface area contributed by atoms with Gasteiger partial charge in [0.05, 0.1) is 5.71 Å². The number of ketones is 1. The van der Waals surface area contributed by atoms with Gasteiger partial charge in [-0.1, -0.05) is 70.7 Å². The minimum absolute atomic E-state index is 0.536. The molecule has 18 heavy (non-hydrogen) atoms. The maximum Gasteiger partial charge on any atom is 0.251 e. The van der Waals surface area contributed by atoms with Gasteiger partial charge in [0.1, 0.15) is 6.04 Å². The molecule has 0 bridgehead atoms. The van der Waals surface area contributed by atoms with Gasteiger partial charge >= 0.3 is 0 Å². The second-order valence-corrected chi connectivity index (χ2v) is 6.33. The van der Waals surface area contributed by atoms with Crippen LogP contribution in [0.4, 0.5) is 0 Å². The molecule has 1 aliphatic heterocycles. The average Bonchev–Trinajstić information content (AvgIpc) is 2.77. The first-order chi connectivity index (χ1) is 8.38. The van der Waals surface area contributed by atoms with Crippen LogP contribution in [-0.2, 0) is 4.79 Å². The van der Waals surface area contributed by atoms with Crippen molar-refractivity contribution >= 4 is 46.3 Å². The zero-order valence-corrected chi connectivity index (χ0v) is 11.8. The molecule has 0 aliphatic carbocycles. The Hall–Kier alpha value is -0.830. The van der Waals surface area contributed by atoms with Gasteiger partial charge in [-0.15, -0.1) is 0 Å². The van der Waals surface area contributed by atoms with Crippen molar-refractivity contribution in [1.29, 1.82) is 0 Å². The monoisotopic (exact) mass is 301 g/mol. The number of nitrogens with zero attached hydrogens (tertiary/aromatic N) is 1. The van der Waals surface area contributed by atoms with E-state index in [0.29, 0.717) is 0 Å². The minimum Gasteiger partial charge on any atom is -0.292 e. The number of hydrogen-bond acceptors (Lipinski definition) is 2. The average molecular weight is 303 g/mol. The summed E-state index contributed by atoms with van der Waals surface area (Å²) < 4.78 is -1.93. The molecule has 1 aromatic rings. The largest absolute Gasteiger partial charge is 0.292 e. The number of rotatable bonds is 2. The third kappa shape index (κ3) is 2.94. The van der Waals surface area contributed by atoms with Crippen molar-refractivity contribution in [2.45, 2.75) is 16.8 Å². The molecule has 0 unspecified atom stereocenters. The van der Waals surface area contributed by atoms with Crippen molar-refractivity contribution in [2.24, 2.45) is 4.99 Å². The Bertz CT molecular complexity index is 526. The van der Waals surface area contributed by atoms with Crippen molar-refractivity contribution in [1.82, 2.24) is 0 Å². The minimum atomic E-state index is -1.93. The molecule has 1 aliphatic rings. The summed E-state index contributed by atoms with van der Waals surface area (Å²) in [6.45, 7) is 2.01. The summed E-state index contributed by atoms with van der Waals surface area (Å²) in [6, 6.07) is 7.14. The van der Waals surface area contributed by atoms with Crippen molar-refractivity contribution in [2.75, 3.05) is 0 Å². The van der Waals surface area contributed by atoms with Gasteiger partial charge in [-0.05, 0) is 18.6 Å². The van der Waals surface area contributed by atoms with Gasteiger partial charge in [-0.25, -0.2) is 0 Å². The van der Waals surface area contributed by atoms with Gasteiger partial charge in [0, 0.05) is 0 Å². The smallest absolute Gasteiger partial charge is 0.251 e. The van der Waals surface area contributed by atoms with Gasteiger partial charge in [-0.3, -0.25) is 9.79 Å². The van der Waals surface area contributed by atoms with E-state index >= 15 is 0 Å². The molecular formula is C13H10Cl3NO. The first-order valence-corrected chi connectivity index (χ1v) is 6.45. The second-order valence-electron chi connectivity index (χ2n) is 4.05. The number of allylic oxidation sites excluding steroid dienone is 1. The molecule has 1 aromatic carbocycles. The number of benzene rings is 1. The molecule has 0 radical (unpaired) electrons. The van der Waals surface area contributed by atoms with E-state index in [1.807, 2.05) is 31.2 Å². The maximum atomic E-state index is 11.7. The standard InChI is InChI=1S/C13H10Cl3NO/c1-8-2-4-9(5-3-8)10-6-7-11(17-10)12(18)13(14,15)16/h2-7,11H,1H3/t11-/m1/s1. The second kappa shape index (κ2) is 5.04. The molecule has 0 saturated heterocycles. The summed E-state index contributed by atoms with van der Waals surface area (Å²) in [5.41, 5.74) is 2.83. The lowest BCUT2D eigenvalue weighted by molar-refractivity contribution is -0.118. The zero-order valence-electron chi connectivity index (χ0n) is 9.53. The third-order valence-corrected chi connectivity index (χ3v) is 3.17. The molecule has 0 saturated carbocycles. The van der Waals surface area contributed by atoms with Crippen molar-refractivity contribution in [3.8, 4) is 0 Å². The number of aryl methyl sites for hydroxylation is 1. The lowest BCUT2D eigenvalue weighted by Gasteiger charge is -2.11. The van der Waals surface area contributed by atoms with Crippen LogP contribution in [0.3, 0.4) is 0 Å². The van der Waals surface area contributed by atoms with Crippen LogP contribution < -0.4 is 0 Å². The molecule has 0 fully saturated rings. The summed E-state index contributed by atoms with van der Waals surface area (Å²) in [7, 11) is 0. The number of Topliss-reactive ketones (excluding diaryl/α,β-unsaturated/α-hetero) is 1. The van der Waals surface area contributed by atoms with E-state index in [2.05, 4.69) is 4.99 Å². The molecule has 2 rings (SSSR count). The number of alkyl halides is 3. The van der Waals surface area contributed by atoms with Crippen LogP contribution in [0, 0.1) is 6.92 Å². The highest BCUT2D eigenvalue weighted by molar-refractivity contribution is 6.76. The summed E-state index contributed by atoms with van der Waals surface area (Å²) in [5.74, 6) is -0.536.